The molecule has 56 valence electrons. The summed E-state index contributed by atoms with van der Waals surface area (Å²) in [5.74, 6) is 1.81. The summed E-state index contributed by atoms with van der Waals surface area (Å²) in [5.41, 5.74) is 0. The Morgan fingerprint density at radius 2 is 1.10 bits per heavy atom. The van der Waals surface area contributed by atoms with Crippen molar-refractivity contribution in [3.63, 3.8) is 0 Å². The molecule has 0 nitrogen and oxygen atoms in total. The van der Waals surface area contributed by atoms with Crippen LogP contribution >= 0.6 is 39.1 Å². The summed E-state index contributed by atoms with van der Waals surface area (Å²) in [6.07, 6.45) is 0. The lowest BCUT2D eigenvalue weighted by molar-refractivity contribution is 1.71. The Bertz CT molecular complexity index is 150. The monoisotopic (exact) mass is 240 g/mol. The Kier molecular flexibility index (Phi) is 6.19. The molecule has 1 rings (SSSR count). The fourth-order valence-electron chi connectivity index (χ4n) is 0.430. The highest BCUT2D eigenvalue weighted by Gasteiger charge is 1.83. The third-order valence-corrected chi connectivity index (χ3v) is 1.31. The zero-order valence-corrected chi connectivity index (χ0v) is 8.54. The molecule has 0 bridgehead atoms. The van der Waals surface area contributed by atoms with Crippen LogP contribution < -0.4 is 0 Å². The minimum Gasteiger partial charge on any atom is -0.0966 e. The average Bonchev–Trinajstić information content (AvgIpc) is 2.00. The number of halogens is 3. The fraction of sp³-hybridized carbons (Fsp3) is 0.143. The molecule has 0 aliphatic rings. The van der Waals surface area contributed by atoms with Gasteiger partial charge in [-0.15, -0.1) is 0 Å². The van der Waals surface area contributed by atoms with Gasteiger partial charge in [0.2, 0.25) is 0 Å². The zero-order chi connectivity index (χ0) is 7.98. The summed E-state index contributed by atoms with van der Waals surface area (Å²) < 4.78 is 0. The van der Waals surface area contributed by atoms with Gasteiger partial charge in [-0.1, -0.05) is 39.1 Å². The number of benzene rings is 1. The zero-order valence-electron chi connectivity index (χ0n) is 5.44. The smallest absolute Gasteiger partial charge is 0.0407 e. The quantitative estimate of drug-likeness (QED) is 0.603. The lowest BCUT2D eigenvalue weighted by atomic mass is 10.4. The molecule has 0 unspecified atom stereocenters. The van der Waals surface area contributed by atoms with Crippen LogP contribution in [0.2, 0.25) is 10.0 Å². The Morgan fingerprint density at radius 1 is 0.900 bits per heavy atom. The molecule has 0 saturated heterocycles. The summed E-state index contributed by atoms with van der Waals surface area (Å²) in [6, 6.07) is 7.02. The number of hydrogen-bond donors (Lipinski definition) is 0. The van der Waals surface area contributed by atoms with Gasteiger partial charge in [0.25, 0.3) is 0 Å². The van der Waals surface area contributed by atoms with Crippen molar-refractivity contribution in [2.24, 2.45) is 0 Å². The van der Waals surface area contributed by atoms with Gasteiger partial charge in [0, 0.05) is 10.0 Å². The molecule has 3 heteroatoms. The molecule has 0 heterocycles. The van der Waals surface area contributed by atoms with Crippen LogP contribution in [0.4, 0.5) is 0 Å². The SMILES string of the molecule is CBr.Clc1ccc(Cl)cc1. The second kappa shape index (κ2) is 6.02. The van der Waals surface area contributed by atoms with Crippen molar-refractivity contribution in [3.05, 3.63) is 34.3 Å². The van der Waals surface area contributed by atoms with Crippen LogP contribution in [0.5, 0.6) is 0 Å². The first kappa shape index (κ1) is 10.3. The molecule has 0 amide bonds. The van der Waals surface area contributed by atoms with E-state index >= 15 is 0 Å². The van der Waals surface area contributed by atoms with Crippen molar-refractivity contribution in [3.8, 4) is 0 Å². The molecule has 0 atom stereocenters. The summed E-state index contributed by atoms with van der Waals surface area (Å²) in [7, 11) is 0. The third-order valence-electron chi connectivity index (χ3n) is 0.804. The first-order valence-electron chi connectivity index (χ1n) is 2.58. The number of hydrogen-bond acceptors (Lipinski definition) is 0. The maximum absolute atomic E-state index is 5.55. The van der Waals surface area contributed by atoms with Gasteiger partial charge in [0.1, 0.15) is 0 Å². The van der Waals surface area contributed by atoms with E-state index in [9.17, 15) is 0 Å². The molecular formula is C7H7BrCl2. The van der Waals surface area contributed by atoms with Gasteiger partial charge < -0.3 is 0 Å². The maximum Gasteiger partial charge on any atom is 0.0407 e. The summed E-state index contributed by atoms with van der Waals surface area (Å²) in [5, 5.41) is 1.43. The van der Waals surface area contributed by atoms with Crippen LogP contribution in [-0.4, -0.2) is 5.83 Å². The van der Waals surface area contributed by atoms with E-state index in [1.165, 1.54) is 0 Å². The van der Waals surface area contributed by atoms with Crippen molar-refractivity contribution in [1.29, 1.82) is 0 Å². The Balaban J connectivity index is 0.000000371. The van der Waals surface area contributed by atoms with Crippen LogP contribution in [-0.2, 0) is 0 Å². The van der Waals surface area contributed by atoms with Crippen LogP contribution in [0.3, 0.4) is 0 Å². The topological polar surface area (TPSA) is 0 Å². The second-order valence-corrected chi connectivity index (χ2v) is 2.31. The van der Waals surface area contributed by atoms with Crippen molar-refractivity contribution in [1.82, 2.24) is 0 Å². The molecule has 10 heavy (non-hydrogen) atoms. The van der Waals surface area contributed by atoms with Crippen LogP contribution in [0.15, 0.2) is 24.3 Å². The number of rotatable bonds is 0. The average molecular weight is 242 g/mol. The van der Waals surface area contributed by atoms with E-state index in [1.807, 2.05) is 5.83 Å². The highest BCUT2D eigenvalue weighted by molar-refractivity contribution is 9.08. The lowest BCUT2D eigenvalue weighted by Crippen LogP contribution is -1.60. The van der Waals surface area contributed by atoms with Gasteiger partial charge in [0.15, 0.2) is 0 Å². The minimum atomic E-state index is 0.717. The van der Waals surface area contributed by atoms with E-state index in [1.54, 1.807) is 24.3 Å². The van der Waals surface area contributed by atoms with E-state index in [0.717, 1.165) is 10.0 Å². The van der Waals surface area contributed by atoms with Gasteiger partial charge in [-0.05, 0) is 30.1 Å². The highest BCUT2D eigenvalue weighted by Crippen LogP contribution is 2.12. The van der Waals surface area contributed by atoms with E-state index in [2.05, 4.69) is 15.9 Å². The van der Waals surface area contributed by atoms with Crippen LogP contribution in [0.1, 0.15) is 0 Å². The van der Waals surface area contributed by atoms with Gasteiger partial charge in [-0.3, -0.25) is 0 Å². The van der Waals surface area contributed by atoms with Crippen molar-refractivity contribution < 1.29 is 0 Å². The molecule has 0 N–H and O–H groups in total. The van der Waals surface area contributed by atoms with Crippen LogP contribution in [0, 0.1) is 0 Å². The largest absolute Gasteiger partial charge is 0.0966 e. The predicted molar refractivity (Wildman–Crippen MR) is 51.3 cm³/mol. The fourth-order valence-corrected chi connectivity index (χ4v) is 0.682. The molecule has 1 aromatic carbocycles. The maximum atomic E-state index is 5.55. The highest BCUT2D eigenvalue weighted by atomic mass is 79.9. The van der Waals surface area contributed by atoms with E-state index in [4.69, 9.17) is 23.2 Å². The first-order valence-corrected chi connectivity index (χ1v) is 4.92. The van der Waals surface area contributed by atoms with Gasteiger partial charge in [-0.25, -0.2) is 0 Å². The Morgan fingerprint density at radius 3 is 1.30 bits per heavy atom. The molecule has 0 aliphatic heterocycles. The van der Waals surface area contributed by atoms with E-state index in [0.29, 0.717) is 0 Å². The second-order valence-electron chi connectivity index (χ2n) is 1.44. The summed E-state index contributed by atoms with van der Waals surface area (Å²) in [4.78, 5) is 0. The van der Waals surface area contributed by atoms with Crippen molar-refractivity contribution in [2.45, 2.75) is 0 Å². The molecule has 0 saturated carbocycles. The molecule has 1 aromatic rings. The number of alkyl halides is 1. The van der Waals surface area contributed by atoms with E-state index in [-0.39, 0.29) is 0 Å². The van der Waals surface area contributed by atoms with Crippen LogP contribution in [0.25, 0.3) is 0 Å². The lowest BCUT2D eigenvalue weighted by Gasteiger charge is -1.86. The van der Waals surface area contributed by atoms with Gasteiger partial charge >= 0.3 is 0 Å². The molecule has 0 aromatic heterocycles. The molecule has 0 radical (unpaired) electrons. The standard InChI is InChI=1S/C6H4Cl2.CH3Br/c7-5-1-2-6(8)4-3-5;1-2/h1-4H;1H3. The molecule has 0 fully saturated rings. The normalized spacial score (nSPS) is 8.00. The molecule has 0 spiro atoms. The molecular weight excluding hydrogens is 235 g/mol. The summed E-state index contributed by atoms with van der Waals surface area (Å²) in [6.45, 7) is 0. The Hall–Kier alpha value is 0.280. The van der Waals surface area contributed by atoms with E-state index < -0.39 is 0 Å². The Labute approximate surface area is 79.3 Å². The summed E-state index contributed by atoms with van der Waals surface area (Å²) >= 11 is 14.0. The third kappa shape index (κ3) is 4.15. The minimum absolute atomic E-state index is 0.717. The van der Waals surface area contributed by atoms with Crippen molar-refractivity contribution in [2.75, 3.05) is 5.83 Å². The van der Waals surface area contributed by atoms with Crippen molar-refractivity contribution >= 4 is 39.1 Å². The predicted octanol–water partition coefficient (Wildman–Crippen LogP) is 4.00. The molecule has 0 aliphatic carbocycles. The first-order chi connectivity index (χ1) is 4.79. The van der Waals surface area contributed by atoms with Gasteiger partial charge in [0.05, 0.1) is 0 Å². The van der Waals surface area contributed by atoms with Gasteiger partial charge in [-0.2, -0.15) is 0 Å².